The molecule has 0 atom stereocenters. The molecule has 3 rings (SSSR count). The summed E-state index contributed by atoms with van der Waals surface area (Å²) < 4.78 is 2.20. The fraction of sp³-hybridized carbons (Fsp3) is 0.778. The highest BCUT2D eigenvalue weighted by Crippen LogP contribution is 2.14. The van der Waals surface area contributed by atoms with Crippen LogP contribution in [-0.2, 0) is 24.2 Å². The van der Waals surface area contributed by atoms with Crippen LogP contribution in [0.3, 0.4) is 0 Å². The largest absolute Gasteiger partial charge is 0.343 e. The molecule has 144 valence electrons. The van der Waals surface area contributed by atoms with Crippen LogP contribution in [0.2, 0.25) is 0 Å². The van der Waals surface area contributed by atoms with E-state index < -0.39 is 0 Å². The van der Waals surface area contributed by atoms with Gasteiger partial charge in [0.2, 0.25) is 5.91 Å². The molecule has 1 aromatic rings. The van der Waals surface area contributed by atoms with Crippen molar-refractivity contribution in [3.8, 4) is 0 Å². The highest BCUT2D eigenvalue weighted by molar-refractivity contribution is 5.78. The number of aryl methyl sites for hydroxylation is 1. The molecule has 0 bridgehead atoms. The molecule has 3 amide bonds. The second-order valence-corrected chi connectivity index (χ2v) is 7.12. The Hall–Kier alpha value is -2.12. The lowest BCUT2D eigenvalue weighted by atomic mass is 10.1. The lowest BCUT2D eigenvalue weighted by Crippen LogP contribution is -2.40. The number of rotatable bonds is 6. The number of amides is 3. The van der Waals surface area contributed by atoms with Gasteiger partial charge in [0.1, 0.15) is 11.6 Å². The van der Waals surface area contributed by atoms with Gasteiger partial charge in [-0.1, -0.05) is 6.42 Å². The molecule has 0 aliphatic carbocycles. The first-order valence-electron chi connectivity index (χ1n) is 9.94. The van der Waals surface area contributed by atoms with Crippen molar-refractivity contribution in [2.75, 3.05) is 26.2 Å². The number of urea groups is 1. The summed E-state index contributed by atoms with van der Waals surface area (Å²) in [5, 5.41) is 14.1. The van der Waals surface area contributed by atoms with Gasteiger partial charge < -0.3 is 20.1 Å². The third-order valence-electron chi connectivity index (χ3n) is 5.15. The molecule has 8 heteroatoms. The highest BCUT2D eigenvalue weighted by Gasteiger charge is 2.16. The molecule has 0 unspecified atom stereocenters. The van der Waals surface area contributed by atoms with Crippen LogP contribution in [-0.4, -0.2) is 57.8 Å². The van der Waals surface area contributed by atoms with E-state index in [0.29, 0.717) is 25.9 Å². The molecule has 0 spiro atoms. The predicted octanol–water partition coefficient (Wildman–Crippen LogP) is 1.25. The minimum atomic E-state index is -0.230. The summed E-state index contributed by atoms with van der Waals surface area (Å²) in [6.45, 7) is 3.58. The number of carbonyl (C=O) groups is 2. The first-order chi connectivity index (χ1) is 12.7. The Labute approximate surface area is 154 Å². The van der Waals surface area contributed by atoms with Crippen molar-refractivity contribution < 1.29 is 9.59 Å². The highest BCUT2D eigenvalue weighted by atomic mass is 16.2. The molecule has 8 nitrogen and oxygen atoms in total. The number of hydrogen-bond acceptors (Lipinski definition) is 4. The lowest BCUT2D eigenvalue weighted by Gasteiger charge is -2.26. The quantitative estimate of drug-likeness (QED) is 0.797. The van der Waals surface area contributed by atoms with E-state index in [9.17, 15) is 9.59 Å². The van der Waals surface area contributed by atoms with E-state index in [-0.39, 0.29) is 11.9 Å². The Balaban J connectivity index is 1.32. The van der Waals surface area contributed by atoms with Crippen LogP contribution >= 0.6 is 0 Å². The maximum Gasteiger partial charge on any atom is 0.314 e. The number of aromatic nitrogens is 3. The van der Waals surface area contributed by atoms with Crippen LogP contribution < -0.4 is 10.6 Å². The van der Waals surface area contributed by atoms with E-state index in [0.717, 1.165) is 57.0 Å². The molecule has 2 aliphatic rings. The Morgan fingerprint density at radius 1 is 0.885 bits per heavy atom. The molecule has 0 radical (unpaired) electrons. The summed E-state index contributed by atoms with van der Waals surface area (Å²) in [5.74, 6) is 2.15. The second kappa shape index (κ2) is 9.54. The van der Waals surface area contributed by atoms with Gasteiger partial charge in [-0.2, -0.15) is 0 Å². The van der Waals surface area contributed by atoms with Crippen molar-refractivity contribution in [3.05, 3.63) is 11.6 Å². The van der Waals surface area contributed by atoms with Crippen LogP contribution in [0.4, 0.5) is 4.79 Å². The summed E-state index contributed by atoms with van der Waals surface area (Å²) in [5.41, 5.74) is 0. The molecule has 3 heterocycles. The average molecular weight is 362 g/mol. The Bertz CT molecular complexity index is 609. The van der Waals surface area contributed by atoms with E-state index in [2.05, 4.69) is 25.4 Å². The summed E-state index contributed by atoms with van der Waals surface area (Å²) in [6.07, 6.45) is 8.99. The van der Waals surface area contributed by atoms with Crippen molar-refractivity contribution in [3.63, 3.8) is 0 Å². The number of likely N-dealkylation sites (tertiary alicyclic amines) is 1. The molecular formula is C18H30N6O2. The number of carbonyl (C=O) groups excluding carboxylic acids is 2. The zero-order valence-electron chi connectivity index (χ0n) is 15.5. The fourth-order valence-corrected chi connectivity index (χ4v) is 3.66. The topological polar surface area (TPSA) is 92.2 Å². The maximum absolute atomic E-state index is 12.0. The van der Waals surface area contributed by atoms with Crippen molar-refractivity contribution in [1.82, 2.24) is 30.3 Å². The van der Waals surface area contributed by atoms with E-state index in [1.807, 2.05) is 4.90 Å². The molecule has 26 heavy (non-hydrogen) atoms. The molecule has 1 saturated heterocycles. The van der Waals surface area contributed by atoms with Crippen LogP contribution in [0, 0.1) is 0 Å². The van der Waals surface area contributed by atoms with Gasteiger partial charge in [0.15, 0.2) is 0 Å². The third kappa shape index (κ3) is 5.19. The molecule has 2 aliphatic heterocycles. The van der Waals surface area contributed by atoms with Crippen molar-refractivity contribution >= 4 is 11.9 Å². The SMILES string of the molecule is O=C(NCCC(=O)N1CCCCC1)NCCc1nnc2n1CCCCC2. The third-order valence-corrected chi connectivity index (χ3v) is 5.15. The first kappa shape index (κ1) is 18.7. The van der Waals surface area contributed by atoms with Crippen LogP contribution in [0.25, 0.3) is 0 Å². The number of piperidine rings is 1. The van der Waals surface area contributed by atoms with Gasteiger partial charge in [-0.15, -0.1) is 10.2 Å². The van der Waals surface area contributed by atoms with Gasteiger partial charge in [0.05, 0.1) is 0 Å². The first-order valence-corrected chi connectivity index (χ1v) is 9.94. The van der Waals surface area contributed by atoms with Gasteiger partial charge in [0, 0.05) is 52.0 Å². The normalized spacial score (nSPS) is 17.3. The van der Waals surface area contributed by atoms with Crippen LogP contribution in [0.1, 0.15) is 56.6 Å². The van der Waals surface area contributed by atoms with Crippen LogP contribution in [0.5, 0.6) is 0 Å². The number of hydrogen-bond donors (Lipinski definition) is 2. The Morgan fingerprint density at radius 3 is 2.46 bits per heavy atom. The van der Waals surface area contributed by atoms with E-state index >= 15 is 0 Å². The van der Waals surface area contributed by atoms with Crippen molar-refractivity contribution in [2.45, 2.75) is 64.3 Å². The summed E-state index contributed by atoms with van der Waals surface area (Å²) in [7, 11) is 0. The molecule has 0 aromatic carbocycles. The van der Waals surface area contributed by atoms with Gasteiger partial charge in [-0.25, -0.2) is 4.79 Å². The Kier molecular flexibility index (Phi) is 6.85. The van der Waals surface area contributed by atoms with E-state index in [1.165, 1.54) is 19.3 Å². The van der Waals surface area contributed by atoms with Gasteiger partial charge >= 0.3 is 6.03 Å². The van der Waals surface area contributed by atoms with Crippen LogP contribution in [0.15, 0.2) is 0 Å². The molecule has 1 aromatic heterocycles. The molecule has 0 saturated carbocycles. The Morgan fingerprint density at radius 2 is 1.62 bits per heavy atom. The average Bonchev–Trinajstić information content (AvgIpc) is 2.89. The number of fused-ring (bicyclic) bond motifs is 1. The standard InChI is InChI=1S/C18H30N6O2/c25-17(23-12-4-2-5-13-23)9-11-20-18(26)19-10-8-16-22-21-15-7-3-1-6-14-24(15)16/h1-14H2,(H2,19,20,26). The predicted molar refractivity (Wildman–Crippen MR) is 97.7 cm³/mol. The minimum absolute atomic E-state index is 0.135. The minimum Gasteiger partial charge on any atom is -0.343 e. The summed E-state index contributed by atoms with van der Waals surface area (Å²) in [6, 6.07) is -0.230. The summed E-state index contributed by atoms with van der Waals surface area (Å²) in [4.78, 5) is 25.8. The monoisotopic (exact) mass is 362 g/mol. The zero-order valence-corrected chi connectivity index (χ0v) is 15.5. The maximum atomic E-state index is 12.0. The van der Waals surface area contributed by atoms with Crippen molar-refractivity contribution in [2.24, 2.45) is 0 Å². The molecule has 2 N–H and O–H groups in total. The van der Waals surface area contributed by atoms with Gasteiger partial charge in [0.25, 0.3) is 0 Å². The van der Waals surface area contributed by atoms with Gasteiger partial charge in [-0.3, -0.25) is 4.79 Å². The summed E-state index contributed by atoms with van der Waals surface area (Å²) >= 11 is 0. The van der Waals surface area contributed by atoms with Crippen molar-refractivity contribution in [1.29, 1.82) is 0 Å². The lowest BCUT2D eigenvalue weighted by molar-refractivity contribution is -0.131. The zero-order chi connectivity index (χ0) is 18.2. The van der Waals surface area contributed by atoms with E-state index in [1.54, 1.807) is 0 Å². The van der Waals surface area contributed by atoms with E-state index in [4.69, 9.17) is 0 Å². The number of nitrogens with one attached hydrogen (secondary N) is 2. The fourth-order valence-electron chi connectivity index (χ4n) is 3.66. The smallest absolute Gasteiger partial charge is 0.314 e. The molecule has 1 fully saturated rings. The number of nitrogens with zero attached hydrogens (tertiary/aromatic N) is 4. The second-order valence-electron chi connectivity index (χ2n) is 7.12. The van der Waals surface area contributed by atoms with Gasteiger partial charge in [-0.05, 0) is 32.1 Å². The molecular weight excluding hydrogens is 332 g/mol.